The van der Waals surface area contributed by atoms with Crippen LogP contribution in [0.2, 0.25) is 0 Å². The summed E-state index contributed by atoms with van der Waals surface area (Å²) in [5.74, 6) is -1.01. The van der Waals surface area contributed by atoms with Gasteiger partial charge in [0.2, 0.25) is 5.91 Å². The van der Waals surface area contributed by atoms with E-state index in [4.69, 9.17) is 0 Å². The summed E-state index contributed by atoms with van der Waals surface area (Å²) < 4.78 is 0. The molecule has 0 aliphatic heterocycles. The minimum atomic E-state index is -0.814. The van der Waals surface area contributed by atoms with E-state index in [9.17, 15) is 14.7 Å². The van der Waals surface area contributed by atoms with Crippen LogP contribution in [-0.4, -0.2) is 23.5 Å². The Morgan fingerprint density at radius 3 is 2.33 bits per heavy atom. The lowest BCUT2D eigenvalue weighted by atomic mass is 9.78. The molecule has 120 valence electrons. The van der Waals surface area contributed by atoms with Crippen LogP contribution >= 0.6 is 0 Å². The summed E-state index contributed by atoms with van der Waals surface area (Å²) in [5, 5.41) is 12.3. The second-order valence-electron chi connectivity index (χ2n) is 7.51. The van der Waals surface area contributed by atoms with Crippen molar-refractivity contribution < 1.29 is 14.7 Å². The van der Waals surface area contributed by atoms with Gasteiger partial charge in [-0.15, -0.1) is 0 Å². The van der Waals surface area contributed by atoms with Crippen molar-refractivity contribution in [2.75, 3.05) is 6.54 Å². The lowest BCUT2D eigenvalue weighted by molar-refractivity contribution is -0.146. The molecule has 0 heterocycles. The van der Waals surface area contributed by atoms with Crippen LogP contribution in [0, 0.1) is 23.2 Å². The number of carbonyl (C=O) groups is 2. The molecule has 0 aromatic rings. The Hall–Kier alpha value is -1.06. The highest BCUT2D eigenvalue weighted by molar-refractivity contribution is 5.85. The summed E-state index contributed by atoms with van der Waals surface area (Å²) >= 11 is 0. The summed E-state index contributed by atoms with van der Waals surface area (Å²) in [7, 11) is 0. The van der Waals surface area contributed by atoms with E-state index in [2.05, 4.69) is 19.2 Å². The lowest BCUT2D eigenvalue weighted by Gasteiger charge is -2.32. The molecule has 0 bridgehead atoms. The Morgan fingerprint density at radius 2 is 1.76 bits per heavy atom. The maximum atomic E-state index is 12.4. The number of aliphatic carboxylic acids is 1. The van der Waals surface area contributed by atoms with Crippen molar-refractivity contribution >= 4 is 11.9 Å². The quantitative estimate of drug-likeness (QED) is 0.790. The number of rotatable bonds is 6. The fourth-order valence-corrected chi connectivity index (χ4v) is 4.42. The summed E-state index contributed by atoms with van der Waals surface area (Å²) in [6.07, 6.45) is 8.27. The number of hydrogen-bond donors (Lipinski definition) is 2. The van der Waals surface area contributed by atoms with Crippen LogP contribution in [0.5, 0.6) is 0 Å². The monoisotopic (exact) mass is 295 g/mol. The molecule has 2 atom stereocenters. The van der Waals surface area contributed by atoms with Gasteiger partial charge in [-0.25, -0.2) is 0 Å². The van der Waals surface area contributed by atoms with Crippen LogP contribution < -0.4 is 5.32 Å². The van der Waals surface area contributed by atoms with E-state index in [-0.39, 0.29) is 17.2 Å². The number of carboxylic acid groups (broad SMARTS) is 1. The van der Waals surface area contributed by atoms with Crippen LogP contribution in [0.3, 0.4) is 0 Å². The van der Waals surface area contributed by atoms with Crippen molar-refractivity contribution in [3.8, 4) is 0 Å². The third kappa shape index (κ3) is 3.98. The molecule has 2 unspecified atom stereocenters. The van der Waals surface area contributed by atoms with Gasteiger partial charge in [0.1, 0.15) is 0 Å². The lowest BCUT2D eigenvalue weighted by Crippen LogP contribution is -2.41. The summed E-state index contributed by atoms with van der Waals surface area (Å²) in [6, 6.07) is 0. The highest BCUT2D eigenvalue weighted by Gasteiger charge is 2.39. The molecule has 2 saturated carbocycles. The summed E-state index contributed by atoms with van der Waals surface area (Å²) in [5.41, 5.74) is 0.251. The molecule has 0 saturated heterocycles. The Bertz CT molecular complexity index is 385. The van der Waals surface area contributed by atoms with Crippen molar-refractivity contribution in [2.45, 2.75) is 65.2 Å². The molecule has 0 aromatic heterocycles. The predicted molar refractivity (Wildman–Crippen MR) is 81.8 cm³/mol. The van der Waals surface area contributed by atoms with Gasteiger partial charge in [-0.2, -0.15) is 0 Å². The zero-order valence-corrected chi connectivity index (χ0v) is 13.4. The van der Waals surface area contributed by atoms with E-state index < -0.39 is 11.9 Å². The van der Waals surface area contributed by atoms with Gasteiger partial charge in [0.15, 0.2) is 0 Å². The third-order valence-corrected chi connectivity index (χ3v) is 5.31. The van der Waals surface area contributed by atoms with Crippen LogP contribution in [0.25, 0.3) is 0 Å². The largest absolute Gasteiger partial charge is 0.481 e. The number of carboxylic acids is 1. The fraction of sp³-hybridized carbons (Fsp3) is 0.882. The molecule has 21 heavy (non-hydrogen) atoms. The minimum Gasteiger partial charge on any atom is -0.481 e. The first-order valence-corrected chi connectivity index (χ1v) is 8.44. The Kier molecular flexibility index (Phi) is 5.28. The second kappa shape index (κ2) is 6.80. The number of nitrogens with one attached hydrogen (secondary N) is 1. The van der Waals surface area contributed by atoms with Gasteiger partial charge in [0.25, 0.3) is 0 Å². The highest BCUT2D eigenvalue weighted by atomic mass is 16.4. The highest BCUT2D eigenvalue weighted by Crippen LogP contribution is 2.43. The van der Waals surface area contributed by atoms with Crippen LogP contribution in [0.1, 0.15) is 65.2 Å². The van der Waals surface area contributed by atoms with Gasteiger partial charge in [-0.05, 0) is 43.4 Å². The van der Waals surface area contributed by atoms with Crippen LogP contribution in [-0.2, 0) is 9.59 Å². The molecule has 0 aromatic carbocycles. The maximum absolute atomic E-state index is 12.4. The van der Waals surface area contributed by atoms with Crippen molar-refractivity contribution in [2.24, 2.45) is 23.2 Å². The van der Waals surface area contributed by atoms with Crippen LogP contribution in [0.15, 0.2) is 0 Å². The third-order valence-electron chi connectivity index (χ3n) is 5.31. The van der Waals surface area contributed by atoms with E-state index in [1.807, 2.05) is 0 Å². The molecule has 4 heteroatoms. The number of amides is 1. The Balaban J connectivity index is 1.91. The number of hydrogen-bond acceptors (Lipinski definition) is 2. The van der Waals surface area contributed by atoms with Crippen LogP contribution in [0.4, 0.5) is 0 Å². The molecule has 2 aliphatic carbocycles. The molecule has 2 N–H and O–H groups in total. The van der Waals surface area contributed by atoms with E-state index >= 15 is 0 Å². The maximum Gasteiger partial charge on any atom is 0.307 e. The molecule has 2 fully saturated rings. The predicted octanol–water partition coefficient (Wildman–Crippen LogP) is 3.21. The minimum absolute atomic E-state index is 0.0325. The van der Waals surface area contributed by atoms with Crippen molar-refractivity contribution in [1.82, 2.24) is 5.32 Å². The first kappa shape index (κ1) is 16.3. The van der Waals surface area contributed by atoms with Gasteiger partial charge in [0.05, 0.1) is 11.8 Å². The molecule has 2 rings (SSSR count). The first-order valence-electron chi connectivity index (χ1n) is 8.44. The normalized spacial score (nSPS) is 28.0. The molecule has 4 nitrogen and oxygen atoms in total. The molecule has 1 amide bonds. The van der Waals surface area contributed by atoms with E-state index in [1.54, 1.807) is 0 Å². The van der Waals surface area contributed by atoms with Gasteiger partial charge in [0, 0.05) is 6.54 Å². The molecule has 0 radical (unpaired) electrons. The van der Waals surface area contributed by atoms with Gasteiger partial charge in [-0.1, -0.05) is 33.1 Å². The van der Waals surface area contributed by atoms with Gasteiger partial charge in [-0.3, -0.25) is 9.59 Å². The summed E-state index contributed by atoms with van der Waals surface area (Å²) in [4.78, 5) is 23.6. The van der Waals surface area contributed by atoms with Gasteiger partial charge < -0.3 is 10.4 Å². The topological polar surface area (TPSA) is 66.4 Å². The average molecular weight is 295 g/mol. The molecule has 0 spiro atoms. The summed E-state index contributed by atoms with van der Waals surface area (Å²) in [6.45, 7) is 5.20. The Labute approximate surface area is 127 Å². The number of carbonyl (C=O) groups excluding carboxylic acids is 1. The van der Waals surface area contributed by atoms with E-state index in [1.165, 1.54) is 25.7 Å². The fourth-order valence-electron chi connectivity index (χ4n) is 4.42. The van der Waals surface area contributed by atoms with Crippen molar-refractivity contribution in [3.63, 3.8) is 0 Å². The first-order chi connectivity index (χ1) is 9.93. The van der Waals surface area contributed by atoms with E-state index in [0.29, 0.717) is 12.3 Å². The zero-order valence-electron chi connectivity index (χ0n) is 13.4. The van der Waals surface area contributed by atoms with Gasteiger partial charge >= 0.3 is 5.97 Å². The van der Waals surface area contributed by atoms with Crippen molar-refractivity contribution in [1.29, 1.82) is 0 Å². The standard InChI is InChI=1S/C17H29NO3/c1-12(2)10-17(8-3-4-9-17)11-18-15(19)13-6-5-7-14(13)16(20)21/h12-14H,3-11H2,1-2H3,(H,18,19)(H,20,21). The molecular formula is C17H29NO3. The second-order valence-corrected chi connectivity index (χ2v) is 7.51. The Morgan fingerprint density at radius 1 is 1.14 bits per heavy atom. The van der Waals surface area contributed by atoms with E-state index in [0.717, 1.165) is 25.8 Å². The molecule has 2 aliphatic rings. The average Bonchev–Trinajstić information content (AvgIpc) is 3.04. The van der Waals surface area contributed by atoms with Crippen molar-refractivity contribution in [3.05, 3.63) is 0 Å². The zero-order chi connectivity index (χ0) is 15.5. The smallest absolute Gasteiger partial charge is 0.307 e. The molecular weight excluding hydrogens is 266 g/mol. The SMILES string of the molecule is CC(C)CC1(CNC(=O)C2CCCC2C(=O)O)CCCC1.